The zero-order valence-corrected chi connectivity index (χ0v) is 11.2. The average Bonchev–Trinajstić information content (AvgIpc) is 2.74. The molecule has 3 rings (SSSR count). The molecule has 2 bridgehead atoms. The van der Waals surface area contributed by atoms with Crippen LogP contribution in [0.25, 0.3) is 0 Å². The van der Waals surface area contributed by atoms with Crippen molar-refractivity contribution in [1.29, 1.82) is 0 Å². The lowest BCUT2D eigenvalue weighted by molar-refractivity contribution is -0.185. The number of hydrogen-bond acceptors (Lipinski definition) is 3. The molecule has 0 aromatic heterocycles. The summed E-state index contributed by atoms with van der Waals surface area (Å²) in [7, 11) is 0. The molecule has 0 saturated carbocycles. The second-order valence-electron chi connectivity index (χ2n) is 5.26. The minimum Gasteiger partial charge on any atom is -0.447 e. The molecule has 120 valence electrons. The number of alkyl halides is 4. The molecule has 0 aromatic carbocycles. The number of fused-ring (bicyclic) bond motifs is 4. The van der Waals surface area contributed by atoms with Crippen LogP contribution in [0.2, 0.25) is 0 Å². The Morgan fingerprint density at radius 1 is 1.14 bits per heavy atom. The van der Waals surface area contributed by atoms with E-state index in [9.17, 15) is 27.2 Å². The van der Waals surface area contributed by atoms with Crippen LogP contribution in [0.3, 0.4) is 0 Å². The minimum absolute atomic E-state index is 0.0261. The molecule has 2 unspecified atom stereocenters. The van der Waals surface area contributed by atoms with Gasteiger partial charge in [-0.1, -0.05) is 0 Å². The van der Waals surface area contributed by atoms with Crippen LogP contribution >= 0.6 is 0 Å². The predicted molar refractivity (Wildman–Crippen MR) is 63.2 cm³/mol. The van der Waals surface area contributed by atoms with Crippen molar-refractivity contribution in [3.63, 3.8) is 0 Å². The summed E-state index contributed by atoms with van der Waals surface area (Å²) >= 11 is 0. The molecule has 0 aliphatic carbocycles. The first kappa shape index (κ1) is 15.8. The molecule has 9 heteroatoms. The molecule has 2 atom stereocenters. The molecule has 5 nitrogen and oxygen atoms in total. The lowest BCUT2D eigenvalue weighted by Gasteiger charge is -2.34. The number of piperidine rings is 1. The molecule has 3 fully saturated rings. The summed E-state index contributed by atoms with van der Waals surface area (Å²) in [6.45, 7) is -1.15. The summed E-state index contributed by atoms with van der Waals surface area (Å²) < 4.78 is 54.3. The Labute approximate surface area is 118 Å². The van der Waals surface area contributed by atoms with Crippen molar-refractivity contribution in [3.05, 3.63) is 0 Å². The molecule has 3 heterocycles. The predicted octanol–water partition coefficient (Wildman–Crippen LogP) is 1.58. The third kappa shape index (κ3) is 3.56. The van der Waals surface area contributed by atoms with Gasteiger partial charge < -0.3 is 14.5 Å². The van der Waals surface area contributed by atoms with Crippen molar-refractivity contribution in [2.24, 2.45) is 5.92 Å². The van der Waals surface area contributed by atoms with Gasteiger partial charge in [0.25, 0.3) is 0 Å². The Balaban J connectivity index is 2.07. The molecule has 3 aliphatic heterocycles. The number of carbonyl (C=O) groups is 2. The first-order valence-corrected chi connectivity index (χ1v) is 6.68. The fourth-order valence-electron chi connectivity index (χ4n) is 2.86. The van der Waals surface area contributed by atoms with E-state index in [1.807, 2.05) is 0 Å². The van der Waals surface area contributed by atoms with Gasteiger partial charge in [-0.25, -0.2) is 9.18 Å². The summed E-state index contributed by atoms with van der Waals surface area (Å²) in [5.74, 6) is -2.09. The smallest absolute Gasteiger partial charge is 0.447 e. The van der Waals surface area contributed by atoms with Crippen LogP contribution in [-0.4, -0.2) is 66.9 Å². The average molecular weight is 312 g/mol. The van der Waals surface area contributed by atoms with Gasteiger partial charge in [0.05, 0.1) is 6.04 Å². The number of ether oxygens (including phenoxy) is 1. The van der Waals surface area contributed by atoms with Gasteiger partial charge in [-0.3, -0.25) is 4.79 Å². The maximum absolute atomic E-state index is 12.5. The SMILES string of the molecule is O=C(OCCF)N1CC2CCC1CN(C(=O)C(F)(F)F)C2. The number of amides is 2. The molecular weight excluding hydrogens is 296 g/mol. The highest BCUT2D eigenvalue weighted by Gasteiger charge is 2.47. The van der Waals surface area contributed by atoms with Gasteiger partial charge in [0.15, 0.2) is 0 Å². The summed E-state index contributed by atoms with van der Waals surface area (Å²) in [6, 6.07) is -0.512. The Morgan fingerprint density at radius 2 is 1.86 bits per heavy atom. The first-order chi connectivity index (χ1) is 9.82. The van der Waals surface area contributed by atoms with E-state index in [2.05, 4.69) is 4.74 Å². The van der Waals surface area contributed by atoms with Crippen LogP contribution in [0.4, 0.5) is 22.4 Å². The number of hydrogen-bond donors (Lipinski definition) is 0. The standard InChI is InChI=1S/C12H16F4N2O3/c13-3-4-21-11(20)18-6-8-1-2-9(18)7-17(5-8)10(19)12(14,15)16/h8-9H,1-7H2. The highest BCUT2D eigenvalue weighted by atomic mass is 19.4. The van der Waals surface area contributed by atoms with Crippen LogP contribution in [0.15, 0.2) is 0 Å². The third-order valence-electron chi connectivity index (χ3n) is 3.78. The normalized spacial score (nSPS) is 25.7. The van der Waals surface area contributed by atoms with Crippen molar-refractivity contribution in [3.8, 4) is 0 Å². The van der Waals surface area contributed by atoms with Crippen molar-refractivity contribution in [1.82, 2.24) is 9.80 Å². The lowest BCUT2D eigenvalue weighted by atomic mass is 9.95. The minimum atomic E-state index is -4.91. The van der Waals surface area contributed by atoms with Crippen molar-refractivity contribution in [2.75, 3.05) is 32.9 Å². The third-order valence-corrected chi connectivity index (χ3v) is 3.78. The van der Waals surface area contributed by atoms with Gasteiger partial charge in [-0.15, -0.1) is 0 Å². The van der Waals surface area contributed by atoms with Gasteiger partial charge in [0, 0.05) is 19.6 Å². The first-order valence-electron chi connectivity index (χ1n) is 6.68. The number of carbonyl (C=O) groups excluding carboxylic acids is 2. The Bertz CT molecular complexity index is 416. The Morgan fingerprint density at radius 3 is 2.48 bits per heavy atom. The Kier molecular flexibility index (Phi) is 4.58. The van der Waals surface area contributed by atoms with E-state index >= 15 is 0 Å². The molecular formula is C12H16F4N2O3. The van der Waals surface area contributed by atoms with E-state index in [4.69, 9.17) is 0 Å². The molecule has 0 radical (unpaired) electrons. The van der Waals surface area contributed by atoms with E-state index < -0.39 is 30.9 Å². The summed E-state index contributed by atoms with van der Waals surface area (Å²) in [5.41, 5.74) is 0. The fourth-order valence-corrected chi connectivity index (χ4v) is 2.86. The quantitative estimate of drug-likeness (QED) is 0.727. The second kappa shape index (κ2) is 6.07. The summed E-state index contributed by atoms with van der Waals surface area (Å²) in [4.78, 5) is 25.2. The van der Waals surface area contributed by atoms with E-state index in [0.29, 0.717) is 12.8 Å². The molecule has 3 aliphatic rings. The second-order valence-corrected chi connectivity index (χ2v) is 5.26. The van der Waals surface area contributed by atoms with Crippen LogP contribution in [0, 0.1) is 5.92 Å². The van der Waals surface area contributed by atoms with Gasteiger partial charge in [-0.05, 0) is 18.8 Å². The molecule has 0 N–H and O–H groups in total. The summed E-state index contributed by atoms with van der Waals surface area (Å²) in [6.07, 6.45) is -4.48. The highest BCUT2D eigenvalue weighted by Crippen LogP contribution is 2.30. The molecule has 21 heavy (non-hydrogen) atoms. The maximum Gasteiger partial charge on any atom is 0.471 e. The van der Waals surface area contributed by atoms with Crippen LogP contribution in [0.1, 0.15) is 12.8 Å². The summed E-state index contributed by atoms with van der Waals surface area (Å²) in [5, 5.41) is 0. The molecule has 0 spiro atoms. The van der Waals surface area contributed by atoms with E-state index in [1.165, 1.54) is 4.90 Å². The van der Waals surface area contributed by atoms with E-state index in [-0.39, 0.29) is 32.2 Å². The number of rotatable bonds is 2. The van der Waals surface area contributed by atoms with Crippen LogP contribution in [-0.2, 0) is 9.53 Å². The monoisotopic (exact) mass is 312 g/mol. The van der Waals surface area contributed by atoms with Gasteiger partial charge in [0.2, 0.25) is 0 Å². The van der Waals surface area contributed by atoms with Gasteiger partial charge in [0.1, 0.15) is 13.3 Å². The molecule has 2 amide bonds. The highest BCUT2D eigenvalue weighted by molar-refractivity contribution is 5.82. The maximum atomic E-state index is 12.5. The van der Waals surface area contributed by atoms with Gasteiger partial charge in [-0.2, -0.15) is 13.2 Å². The molecule has 3 saturated heterocycles. The molecule has 0 aromatic rings. The fraction of sp³-hybridized carbons (Fsp3) is 0.833. The topological polar surface area (TPSA) is 49.9 Å². The van der Waals surface area contributed by atoms with Crippen molar-refractivity contribution in [2.45, 2.75) is 25.1 Å². The van der Waals surface area contributed by atoms with E-state index in [1.54, 1.807) is 0 Å². The van der Waals surface area contributed by atoms with Gasteiger partial charge >= 0.3 is 18.2 Å². The Hall–Kier alpha value is -1.54. The van der Waals surface area contributed by atoms with Crippen LogP contribution in [0.5, 0.6) is 0 Å². The van der Waals surface area contributed by atoms with E-state index in [0.717, 1.165) is 4.90 Å². The van der Waals surface area contributed by atoms with Crippen LogP contribution < -0.4 is 0 Å². The lowest BCUT2D eigenvalue weighted by Crippen LogP contribution is -2.49. The van der Waals surface area contributed by atoms with Crippen molar-refractivity contribution < 1.29 is 31.9 Å². The zero-order valence-electron chi connectivity index (χ0n) is 11.2. The van der Waals surface area contributed by atoms with Crippen molar-refractivity contribution >= 4 is 12.0 Å². The zero-order chi connectivity index (χ0) is 15.6. The number of halogens is 4. The largest absolute Gasteiger partial charge is 0.471 e. The number of nitrogens with zero attached hydrogens (tertiary/aromatic N) is 2.